The predicted molar refractivity (Wildman–Crippen MR) is 124 cm³/mol. The number of benzene rings is 2. The van der Waals surface area contributed by atoms with Gasteiger partial charge in [-0.05, 0) is 68.6 Å². The molecule has 2 aromatic carbocycles. The smallest absolute Gasteiger partial charge is 0.251 e. The molecule has 0 bridgehead atoms. The Balaban J connectivity index is 1.84. The Labute approximate surface area is 186 Å². The second kappa shape index (κ2) is 9.51. The van der Waals surface area contributed by atoms with Gasteiger partial charge in [-0.25, -0.2) is 8.42 Å². The van der Waals surface area contributed by atoms with Crippen molar-refractivity contribution in [2.24, 2.45) is 0 Å². The average molecular weight is 444 g/mol. The molecule has 168 valence electrons. The molecular weight excluding hydrogens is 410 g/mol. The Hall–Kier alpha value is -2.22. The fourth-order valence-electron chi connectivity index (χ4n) is 3.83. The normalized spacial score (nSPS) is 16.8. The summed E-state index contributed by atoms with van der Waals surface area (Å²) in [5.41, 5.74) is 4.46. The zero-order chi connectivity index (χ0) is 22.8. The number of hydrogen-bond donors (Lipinski definition) is 1. The summed E-state index contributed by atoms with van der Waals surface area (Å²) in [5.74, 6) is -0.264. The minimum absolute atomic E-state index is 0.134. The molecule has 6 nitrogen and oxygen atoms in total. The topological polar surface area (TPSA) is 69.7 Å². The van der Waals surface area contributed by atoms with E-state index in [4.69, 9.17) is 0 Å². The molecule has 1 N–H and O–H groups in total. The van der Waals surface area contributed by atoms with Gasteiger partial charge in [0.2, 0.25) is 10.0 Å². The highest BCUT2D eigenvalue weighted by molar-refractivity contribution is 7.89. The minimum Gasteiger partial charge on any atom is -0.345 e. The molecule has 0 unspecified atom stereocenters. The number of nitrogens with one attached hydrogen (secondary N) is 1. The number of aryl methyl sites for hydroxylation is 3. The van der Waals surface area contributed by atoms with Gasteiger partial charge in [-0.1, -0.05) is 31.2 Å². The third-order valence-corrected chi connectivity index (χ3v) is 8.22. The molecule has 0 aromatic heterocycles. The molecule has 1 aliphatic rings. The van der Waals surface area contributed by atoms with Crippen LogP contribution in [-0.4, -0.2) is 56.8 Å². The number of sulfonamides is 1. The van der Waals surface area contributed by atoms with Gasteiger partial charge in [0.05, 0.1) is 10.9 Å². The van der Waals surface area contributed by atoms with Gasteiger partial charge in [0, 0.05) is 31.7 Å². The van der Waals surface area contributed by atoms with Crippen LogP contribution in [0.15, 0.2) is 41.3 Å². The Morgan fingerprint density at radius 3 is 2.23 bits per heavy atom. The molecule has 1 aliphatic heterocycles. The van der Waals surface area contributed by atoms with E-state index in [1.54, 1.807) is 19.1 Å². The summed E-state index contributed by atoms with van der Waals surface area (Å²) in [6, 6.07) is 11.0. The largest absolute Gasteiger partial charge is 0.345 e. The Kier molecular flexibility index (Phi) is 7.19. The van der Waals surface area contributed by atoms with E-state index in [1.807, 2.05) is 20.0 Å². The first-order valence-corrected chi connectivity index (χ1v) is 12.2. The molecule has 1 amide bonds. The van der Waals surface area contributed by atoms with E-state index in [0.717, 1.165) is 12.0 Å². The highest BCUT2D eigenvalue weighted by atomic mass is 32.2. The van der Waals surface area contributed by atoms with Crippen LogP contribution in [0.1, 0.15) is 52.0 Å². The van der Waals surface area contributed by atoms with Crippen molar-refractivity contribution in [2.45, 2.75) is 45.1 Å². The van der Waals surface area contributed by atoms with E-state index in [2.05, 4.69) is 36.2 Å². The van der Waals surface area contributed by atoms with Gasteiger partial charge in [-0.15, -0.1) is 0 Å². The lowest BCUT2D eigenvalue weighted by Gasteiger charge is -2.32. The first-order chi connectivity index (χ1) is 14.6. The highest BCUT2D eigenvalue weighted by Gasteiger charge is 2.29. The first kappa shape index (κ1) is 23.4. The quantitative estimate of drug-likeness (QED) is 0.743. The summed E-state index contributed by atoms with van der Waals surface area (Å²) >= 11 is 0. The maximum atomic E-state index is 13.2. The maximum Gasteiger partial charge on any atom is 0.251 e. The van der Waals surface area contributed by atoms with Crippen LogP contribution in [0.4, 0.5) is 0 Å². The molecule has 0 spiro atoms. The number of likely N-dealkylation sites (N-methyl/N-ethyl adjacent to an activating group) is 1. The van der Waals surface area contributed by atoms with Crippen molar-refractivity contribution in [3.63, 3.8) is 0 Å². The third kappa shape index (κ3) is 5.17. The second-order valence-electron chi connectivity index (χ2n) is 8.47. The summed E-state index contributed by atoms with van der Waals surface area (Å²) < 4.78 is 28.0. The molecule has 2 aromatic rings. The molecule has 0 aliphatic carbocycles. The van der Waals surface area contributed by atoms with Crippen molar-refractivity contribution in [2.75, 3.05) is 33.2 Å². The number of carbonyl (C=O) groups excluding carboxylic acids is 1. The van der Waals surface area contributed by atoms with Crippen LogP contribution < -0.4 is 5.32 Å². The fraction of sp³-hybridized carbons (Fsp3) is 0.458. The molecule has 1 fully saturated rings. The van der Waals surface area contributed by atoms with Crippen LogP contribution in [0, 0.1) is 20.8 Å². The fourth-order valence-corrected chi connectivity index (χ4v) is 5.50. The van der Waals surface area contributed by atoms with Crippen molar-refractivity contribution in [1.82, 2.24) is 14.5 Å². The predicted octanol–water partition coefficient (Wildman–Crippen LogP) is 3.43. The van der Waals surface area contributed by atoms with E-state index in [1.165, 1.54) is 21.5 Å². The van der Waals surface area contributed by atoms with Crippen LogP contribution in [-0.2, 0) is 10.0 Å². The molecule has 1 atom stereocenters. The van der Waals surface area contributed by atoms with Crippen molar-refractivity contribution < 1.29 is 13.2 Å². The number of hydrogen-bond acceptors (Lipinski definition) is 4. The second-order valence-corrected chi connectivity index (χ2v) is 10.4. The number of piperazine rings is 1. The highest BCUT2D eigenvalue weighted by Crippen LogP contribution is 2.24. The van der Waals surface area contributed by atoms with E-state index in [9.17, 15) is 13.2 Å². The van der Waals surface area contributed by atoms with Gasteiger partial charge in [0.15, 0.2) is 0 Å². The maximum absolute atomic E-state index is 13.2. The lowest BCUT2D eigenvalue weighted by molar-refractivity contribution is 0.0935. The molecular formula is C24H33N3O3S. The van der Waals surface area contributed by atoms with Crippen LogP contribution in [0.5, 0.6) is 0 Å². The van der Waals surface area contributed by atoms with E-state index in [0.29, 0.717) is 37.3 Å². The van der Waals surface area contributed by atoms with E-state index >= 15 is 0 Å². The number of carbonyl (C=O) groups is 1. The zero-order valence-corrected chi connectivity index (χ0v) is 19.9. The molecule has 1 heterocycles. The Morgan fingerprint density at radius 2 is 1.61 bits per heavy atom. The van der Waals surface area contributed by atoms with Crippen LogP contribution >= 0.6 is 0 Å². The monoisotopic (exact) mass is 443 g/mol. The van der Waals surface area contributed by atoms with Gasteiger partial charge in [0.1, 0.15) is 0 Å². The van der Waals surface area contributed by atoms with Gasteiger partial charge < -0.3 is 10.2 Å². The van der Waals surface area contributed by atoms with Gasteiger partial charge in [-0.2, -0.15) is 4.31 Å². The summed E-state index contributed by atoms with van der Waals surface area (Å²) in [6.07, 6.45) is 0.743. The molecule has 3 rings (SSSR count). The third-order valence-electron chi connectivity index (χ3n) is 6.18. The molecule has 0 radical (unpaired) electrons. The van der Waals surface area contributed by atoms with Gasteiger partial charge in [0.25, 0.3) is 5.91 Å². The van der Waals surface area contributed by atoms with Crippen molar-refractivity contribution in [1.29, 1.82) is 0 Å². The van der Waals surface area contributed by atoms with Crippen LogP contribution in [0.25, 0.3) is 0 Å². The Morgan fingerprint density at radius 1 is 0.968 bits per heavy atom. The van der Waals surface area contributed by atoms with Crippen LogP contribution in [0.3, 0.4) is 0 Å². The average Bonchev–Trinajstić information content (AvgIpc) is 2.74. The summed E-state index contributed by atoms with van der Waals surface area (Å²) in [4.78, 5) is 15.3. The summed E-state index contributed by atoms with van der Waals surface area (Å²) in [5, 5.41) is 3.08. The van der Waals surface area contributed by atoms with Gasteiger partial charge >= 0.3 is 0 Å². The SMILES string of the molecule is CC[C@@H](NC(=O)c1ccc(C)c(S(=O)(=O)N2CCN(C)CC2)c1)c1ccc(C)c(C)c1. The van der Waals surface area contributed by atoms with E-state index in [-0.39, 0.29) is 16.8 Å². The molecule has 1 saturated heterocycles. The number of amides is 1. The molecule has 31 heavy (non-hydrogen) atoms. The zero-order valence-electron chi connectivity index (χ0n) is 19.1. The number of rotatable bonds is 6. The lowest BCUT2D eigenvalue weighted by Crippen LogP contribution is -2.47. The lowest BCUT2D eigenvalue weighted by atomic mass is 9.99. The van der Waals surface area contributed by atoms with Crippen molar-refractivity contribution in [3.8, 4) is 0 Å². The Bertz CT molecular complexity index is 1060. The first-order valence-electron chi connectivity index (χ1n) is 10.8. The van der Waals surface area contributed by atoms with Crippen molar-refractivity contribution >= 4 is 15.9 Å². The van der Waals surface area contributed by atoms with E-state index < -0.39 is 10.0 Å². The molecule has 0 saturated carbocycles. The van der Waals surface area contributed by atoms with Crippen molar-refractivity contribution in [3.05, 3.63) is 64.2 Å². The summed E-state index contributed by atoms with van der Waals surface area (Å²) in [7, 11) is -1.66. The van der Waals surface area contributed by atoms with Crippen LogP contribution in [0.2, 0.25) is 0 Å². The standard InChI is InChI=1S/C24H33N3O3S/c1-6-22(20-9-7-17(2)19(4)15-20)25-24(28)21-10-8-18(3)23(16-21)31(29,30)27-13-11-26(5)12-14-27/h7-10,15-16,22H,6,11-14H2,1-5H3,(H,25,28)/t22-/m1/s1. The number of nitrogens with zero attached hydrogens (tertiary/aromatic N) is 2. The molecule has 7 heteroatoms. The minimum atomic E-state index is -3.64. The van der Waals surface area contributed by atoms with Gasteiger partial charge in [-0.3, -0.25) is 4.79 Å². The summed E-state index contributed by atoms with van der Waals surface area (Å²) in [6.45, 7) is 10.2.